The summed E-state index contributed by atoms with van der Waals surface area (Å²) in [5, 5.41) is 33.1. The topological polar surface area (TPSA) is 99.8 Å². The van der Waals surface area contributed by atoms with Crippen molar-refractivity contribution in [1.29, 1.82) is 0 Å². The summed E-state index contributed by atoms with van der Waals surface area (Å²) in [6, 6.07) is 3.17. The number of aliphatic hydroxyl groups excluding tert-OH is 3. The molecule has 4 atom stereocenters. The van der Waals surface area contributed by atoms with E-state index in [2.05, 4.69) is 16.2 Å². The largest absolute Gasteiger partial charge is 0.394 e. The summed E-state index contributed by atoms with van der Waals surface area (Å²) in [6.45, 7) is -0.235. The van der Waals surface area contributed by atoms with Gasteiger partial charge in [-0.15, -0.1) is 6.42 Å². The third kappa shape index (κ3) is 2.82. The lowest BCUT2D eigenvalue weighted by Crippen LogP contribution is -2.33. The fourth-order valence-electron chi connectivity index (χ4n) is 2.70. The molecule has 0 radical (unpaired) electrons. The Morgan fingerprint density at radius 1 is 1.29 bits per heavy atom. The first-order valence-corrected chi connectivity index (χ1v) is 7.90. The number of aromatic nitrogens is 2. The number of hydrogen-bond donors (Lipinski definition) is 4. The van der Waals surface area contributed by atoms with E-state index in [0.717, 1.165) is 0 Å². The predicted octanol–water partition coefficient (Wildman–Crippen LogP) is 1.000. The maximum absolute atomic E-state index is 10.3. The molecule has 0 unspecified atom stereocenters. The SMILES string of the molecule is C#CCNc1nc2cc(Cl)c(Cl)cc2n1[C@@H]1O[C@H](CO)[C@@H](O)[C@H]1O. The molecule has 1 aliphatic rings. The number of fused-ring (bicyclic) bond motifs is 1. The van der Waals surface area contributed by atoms with E-state index < -0.39 is 31.1 Å². The highest BCUT2D eigenvalue weighted by Gasteiger charge is 2.44. The van der Waals surface area contributed by atoms with Gasteiger partial charge in [-0.2, -0.15) is 0 Å². The maximum atomic E-state index is 10.3. The van der Waals surface area contributed by atoms with Gasteiger partial charge in [0.05, 0.1) is 34.2 Å². The third-order valence-corrected chi connectivity index (χ3v) is 4.57. The van der Waals surface area contributed by atoms with Gasteiger partial charge in [0.15, 0.2) is 6.23 Å². The molecular formula is C15H15Cl2N3O4. The van der Waals surface area contributed by atoms with Crippen LogP contribution in [0, 0.1) is 12.3 Å². The van der Waals surface area contributed by atoms with Crippen LogP contribution in [0.25, 0.3) is 11.0 Å². The third-order valence-electron chi connectivity index (χ3n) is 3.85. The van der Waals surface area contributed by atoms with Crippen molar-refractivity contribution in [2.75, 3.05) is 18.5 Å². The smallest absolute Gasteiger partial charge is 0.206 e. The van der Waals surface area contributed by atoms with Crippen LogP contribution in [0.3, 0.4) is 0 Å². The summed E-state index contributed by atoms with van der Waals surface area (Å²) in [6.07, 6.45) is 0.887. The number of imidazole rings is 1. The van der Waals surface area contributed by atoms with E-state index in [1.54, 1.807) is 16.7 Å². The zero-order chi connectivity index (χ0) is 17.4. The second kappa shape index (κ2) is 6.76. The number of anilines is 1. The second-order valence-corrected chi connectivity index (χ2v) is 6.16. The monoisotopic (exact) mass is 371 g/mol. The number of aliphatic hydroxyl groups is 3. The van der Waals surface area contributed by atoms with Gasteiger partial charge in [-0.05, 0) is 12.1 Å². The molecule has 0 spiro atoms. The molecule has 1 aromatic carbocycles. The Kier molecular flexibility index (Phi) is 4.88. The van der Waals surface area contributed by atoms with Crippen molar-refractivity contribution in [3.8, 4) is 12.3 Å². The zero-order valence-electron chi connectivity index (χ0n) is 12.4. The number of terminal acetylenes is 1. The first-order chi connectivity index (χ1) is 11.5. The van der Waals surface area contributed by atoms with Crippen LogP contribution in [0.4, 0.5) is 5.95 Å². The van der Waals surface area contributed by atoms with E-state index in [-0.39, 0.29) is 6.54 Å². The van der Waals surface area contributed by atoms with Crippen LogP contribution in [-0.4, -0.2) is 56.3 Å². The van der Waals surface area contributed by atoms with Crippen LogP contribution in [0.5, 0.6) is 0 Å². The predicted molar refractivity (Wildman–Crippen MR) is 90.1 cm³/mol. The molecule has 24 heavy (non-hydrogen) atoms. The van der Waals surface area contributed by atoms with Gasteiger partial charge in [0.1, 0.15) is 18.3 Å². The van der Waals surface area contributed by atoms with Crippen LogP contribution < -0.4 is 5.32 Å². The normalized spacial score (nSPS) is 26.7. The van der Waals surface area contributed by atoms with Crippen molar-refractivity contribution in [2.45, 2.75) is 24.5 Å². The van der Waals surface area contributed by atoms with Crippen molar-refractivity contribution in [1.82, 2.24) is 9.55 Å². The van der Waals surface area contributed by atoms with E-state index in [9.17, 15) is 15.3 Å². The van der Waals surface area contributed by atoms with Gasteiger partial charge in [-0.1, -0.05) is 29.1 Å². The van der Waals surface area contributed by atoms with Crippen molar-refractivity contribution < 1.29 is 20.1 Å². The first kappa shape index (κ1) is 17.3. The summed E-state index contributed by atoms with van der Waals surface area (Å²) >= 11 is 12.1. The summed E-state index contributed by atoms with van der Waals surface area (Å²) in [5.41, 5.74) is 1.06. The Morgan fingerprint density at radius 3 is 2.62 bits per heavy atom. The second-order valence-electron chi connectivity index (χ2n) is 5.35. The molecular weight excluding hydrogens is 357 g/mol. The summed E-state index contributed by atoms with van der Waals surface area (Å²) in [5.74, 6) is 2.76. The summed E-state index contributed by atoms with van der Waals surface area (Å²) in [4.78, 5) is 4.39. The van der Waals surface area contributed by atoms with Gasteiger partial charge in [0, 0.05) is 0 Å². The molecule has 3 rings (SSSR count). The lowest BCUT2D eigenvalue weighted by molar-refractivity contribution is -0.0499. The minimum Gasteiger partial charge on any atom is -0.394 e. The maximum Gasteiger partial charge on any atom is 0.206 e. The van der Waals surface area contributed by atoms with Gasteiger partial charge < -0.3 is 25.4 Å². The molecule has 0 aliphatic carbocycles. The van der Waals surface area contributed by atoms with Gasteiger partial charge in [0.2, 0.25) is 5.95 Å². The summed E-state index contributed by atoms with van der Waals surface area (Å²) < 4.78 is 7.12. The molecule has 1 aromatic heterocycles. The Labute approximate surface area is 147 Å². The highest BCUT2D eigenvalue weighted by Crippen LogP contribution is 2.37. The quantitative estimate of drug-likeness (QED) is 0.598. The van der Waals surface area contributed by atoms with E-state index in [4.69, 9.17) is 34.4 Å². The first-order valence-electron chi connectivity index (χ1n) is 7.14. The van der Waals surface area contributed by atoms with Gasteiger partial charge >= 0.3 is 0 Å². The van der Waals surface area contributed by atoms with Crippen molar-refractivity contribution in [3.63, 3.8) is 0 Å². The van der Waals surface area contributed by atoms with Gasteiger partial charge in [-0.3, -0.25) is 4.57 Å². The van der Waals surface area contributed by atoms with E-state index in [0.29, 0.717) is 27.0 Å². The van der Waals surface area contributed by atoms with Crippen LogP contribution in [0.1, 0.15) is 6.23 Å². The van der Waals surface area contributed by atoms with Gasteiger partial charge in [-0.25, -0.2) is 4.98 Å². The minimum atomic E-state index is -1.26. The molecule has 7 nitrogen and oxygen atoms in total. The Bertz CT molecular complexity index is 804. The molecule has 1 fully saturated rings. The van der Waals surface area contributed by atoms with Crippen LogP contribution in [-0.2, 0) is 4.74 Å². The molecule has 2 heterocycles. The molecule has 9 heteroatoms. The lowest BCUT2D eigenvalue weighted by atomic mass is 10.1. The van der Waals surface area contributed by atoms with Crippen molar-refractivity contribution >= 4 is 40.2 Å². The Balaban J connectivity index is 2.14. The van der Waals surface area contributed by atoms with E-state index in [1.807, 2.05) is 0 Å². The molecule has 1 saturated heterocycles. The highest BCUT2D eigenvalue weighted by atomic mass is 35.5. The summed E-state index contributed by atoms with van der Waals surface area (Å²) in [7, 11) is 0. The fourth-order valence-corrected chi connectivity index (χ4v) is 3.01. The Hall–Kier alpha value is -1.53. The fraction of sp³-hybridized carbons (Fsp3) is 0.400. The molecule has 2 aromatic rings. The standard InChI is InChI=1S/C15H15Cl2N3O4/c1-2-3-18-15-19-9-4-7(16)8(17)5-10(9)20(15)14-13(23)12(22)11(6-21)24-14/h1,4-5,11-14,21-23H,3,6H2,(H,18,19)/t11-,12-,13-,14-/m1/s1. The molecule has 0 bridgehead atoms. The molecule has 0 saturated carbocycles. The van der Waals surface area contributed by atoms with Crippen LogP contribution in [0.2, 0.25) is 10.0 Å². The molecule has 128 valence electrons. The zero-order valence-corrected chi connectivity index (χ0v) is 13.9. The van der Waals surface area contributed by atoms with Crippen LogP contribution >= 0.6 is 23.2 Å². The number of ether oxygens (including phenoxy) is 1. The number of hydrogen-bond acceptors (Lipinski definition) is 6. The lowest BCUT2D eigenvalue weighted by Gasteiger charge is -2.20. The minimum absolute atomic E-state index is 0.194. The van der Waals surface area contributed by atoms with E-state index >= 15 is 0 Å². The van der Waals surface area contributed by atoms with Crippen LogP contribution in [0.15, 0.2) is 12.1 Å². The highest BCUT2D eigenvalue weighted by molar-refractivity contribution is 6.42. The molecule has 4 N–H and O–H groups in total. The number of rotatable bonds is 4. The van der Waals surface area contributed by atoms with Crippen molar-refractivity contribution in [2.24, 2.45) is 0 Å². The number of nitrogens with zero attached hydrogens (tertiary/aromatic N) is 2. The number of halogens is 2. The average Bonchev–Trinajstić information content (AvgIpc) is 3.04. The van der Waals surface area contributed by atoms with Crippen molar-refractivity contribution in [3.05, 3.63) is 22.2 Å². The van der Waals surface area contributed by atoms with Gasteiger partial charge in [0.25, 0.3) is 0 Å². The molecule has 1 aliphatic heterocycles. The average molecular weight is 372 g/mol. The van der Waals surface area contributed by atoms with E-state index in [1.165, 1.54) is 0 Å². The number of nitrogens with one attached hydrogen (secondary N) is 1. The Morgan fingerprint density at radius 2 is 2.00 bits per heavy atom. The molecule has 0 amide bonds. The number of benzene rings is 1.